The molecule has 0 aliphatic carbocycles. The minimum absolute atomic E-state index is 0.0415. The van der Waals surface area contributed by atoms with Gasteiger partial charge in [0.05, 0.1) is 16.9 Å². The molecule has 1 aromatic heterocycles. The van der Waals surface area contributed by atoms with Crippen molar-refractivity contribution in [1.82, 2.24) is 10.3 Å². The van der Waals surface area contributed by atoms with Crippen LogP contribution in [0.3, 0.4) is 0 Å². The lowest BCUT2D eigenvalue weighted by molar-refractivity contribution is 0.0951. The van der Waals surface area contributed by atoms with Gasteiger partial charge in [-0.3, -0.25) is 4.79 Å². The Bertz CT molecular complexity index is 1490. The van der Waals surface area contributed by atoms with Crippen LogP contribution in [-0.4, -0.2) is 28.7 Å². The van der Waals surface area contributed by atoms with E-state index in [-0.39, 0.29) is 24.5 Å². The number of hydrogen-bond donors (Lipinski definition) is 4. The van der Waals surface area contributed by atoms with Crippen LogP contribution in [0, 0.1) is 11.6 Å². The molecule has 0 spiro atoms. The molecule has 0 fully saturated rings. The molecular formula is C28H25F2N5O4. The molecule has 39 heavy (non-hydrogen) atoms. The van der Waals surface area contributed by atoms with Crippen molar-refractivity contribution in [2.45, 2.75) is 12.6 Å². The quantitative estimate of drug-likeness (QED) is 0.227. The highest BCUT2D eigenvalue weighted by atomic mass is 19.2. The van der Waals surface area contributed by atoms with Crippen LogP contribution in [0.1, 0.15) is 27.5 Å². The van der Waals surface area contributed by atoms with Crippen molar-refractivity contribution in [2.75, 3.05) is 23.0 Å². The summed E-state index contributed by atoms with van der Waals surface area (Å²) in [5.41, 5.74) is 13.2. The summed E-state index contributed by atoms with van der Waals surface area (Å²) in [7, 11) is 0. The van der Waals surface area contributed by atoms with Crippen molar-refractivity contribution in [2.24, 2.45) is 0 Å². The summed E-state index contributed by atoms with van der Waals surface area (Å²) in [5.74, 6) is -2.48. The summed E-state index contributed by atoms with van der Waals surface area (Å²) in [6.45, 7) is -0.270. The molecule has 1 atom stereocenters. The molecule has 0 bridgehead atoms. The smallest absolute Gasteiger partial charge is 0.413 e. The average Bonchev–Trinajstić information content (AvgIpc) is 2.93. The normalized spacial score (nSPS) is 11.4. The van der Waals surface area contributed by atoms with Crippen LogP contribution in [0.15, 0.2) is 85.1 Å². The van der Waals surface area contributed by atoms with E-state index < -0.39 is 29.7 Å². The van der Waals surface area contributed by atoms with Gasteiger partial charge in [-0.05, 0) is 47.5 Å². The Kier molecular flexibility index (Phi) is 8.20. The Hall–Kier alpha value is -5.19. The zero-order valence-electron chi connectivity index (χ0n) is 20.6. The number of nitrogens with zero attached hydrogens (tertiary/aromatic N) is 2. The average molecular weight is 534 g/mol. The van der Waals surface area contributed by atoms with E-state index in [9.17, 15) is 23.5 Å². The second kappa shape index (κ2) is 11.9. The third kappa shape index (κ3) is 6.39. The van der Waals surface area contributed by atoms with Gasteiger partial charge >= 0.3 is 6.09 Å². The third-order valence-corrected chi connectivity index (χ3v) is 5.86. The van der Waals surface area contributed by atoms with E-state index in [1.165, 1.54) is 30.5 Å². The molecule has 0 radical (unpaired) electrons. The molecule has 3 aromatic carbocycles. The molecule has 0 aliphatic rings. The molecule has 200 valence electrons. The monoisotopic (exact) mass is 533 g/mol. The summed E-state index contributed by atoms with van der Waals surface area (Å²) >= 11 is 0. The number of nitrogen functional groups attached to an aromatic ring is 2. The number of anilines is 3. The number of carbonyl (C=O) groups is 2. The Morgan fingerprint density at radius 1 is 0.949 bits per heavy atom. The fourth-order valence-electron chi connectivity index (χ4n) is 3.88. The molecule has 0 saturated heterocycles. The summed E-state index contributed by atoms with van der Waals surface area (Å²) in [6.07, 6.45) is -0.0151. The van der Waals surface area contributed by atoms with E-state index in [0.29, 0.717) is 28.3 Å². The first-order valence-corrected chi connectivity index (χ1v) is 11.8. The molecular weight excluding hydrogens is 508 g/mol. The van der Waals surface area contributed by atoms with Crippen molar-refractivity contribution >= 4 is 29.2 Å². The number of aromatic nitrogens is 1. The number of nitrogens with two attached hydrogens (primary N) is 2. The van der Waals surface area contributed by atoms with Crippen LogP contribution in [0.25, 0.3) is 0 Å². The van der Waals surface area contributed by atoms with Gasteiger partial charge in [-0.15, -0.1) is 0 Å². The highest BCUT2D eigenvalue weighted by Crippen LogP contribution is 2.30. The van der Waals surface area contributed by atoms with E-state index in [4.69, 9.17) is 16.2 Å². The first-order valence-electron chi connectivity index (χ1n) is 11.8. The molecule has 6 N–H and O–H groups in total. The zero-order valence-corrected chi connectivity index (χ0v) is 20.6. The lowest BCUT2D eigenvalue weighted by Crippen LogP contribution is -2.39. The van der Waals surface area contributed by atoms with Gasteiger partial charge < -0.3 is 26.6 Å². The van der Waals surface area contributed by atoms with Crippen LogP contribution >= 0.6 is 0 Å². The van der Waals surface area contributed by atoms with Crippen LogP contribution < -0.4 is 26.4 Å². The van der Waals surface area contributed by atoms with Gasteiger partial charge in [-0.1, -0.05) is 36.4 Å². The van der Waals surface area contributed by atoms with Crippen LogP contribution in [-0.2, 0) is 6.54 Å². The van der Waals surface area contributed by atoms with Crippen LogP contribution in [0.5, 0.6) is 5.75 Å². The maximum Gasteiger partial charge on any atom is 0.413 e. The minimum atomic E-state index is -1.38. The summed E-state index contributed by atoms with van der Waals surface area (Å²) < 4.78 is 32.7. The lowest BCUT2D eigenvalue weighted by Gasteiger charge is -2.30. The highest BCUT2D eigenvalue weighted by molar-refractivity contribution is 6.02. The largest absolute Gasteiger partial charge is 0.491 e. The molecule has 0 unspecified atom stereocenters. The first kappa shape index (κ1) is 26.9. The van der Waals surface area contributed by atoms with Gasteiger partial charge in [0.15, 0.2) is 17.5 Å². The van der Waals surface area contributed by atoms with Crippen LogP contribution in [0.2, 0.25) is 0 Å². The Morgan fingerprint density at radius 3 is 2.41 bits per heavy atom. The van der Waals surface area contributed by atoms with Gasteiger partial charge in [-0.2, -0.15) is 0 Å². The fourth-order valence-corrected chi connectivity index (χ4v) is 3.88. The number of rotatable bonds is 9. The topological polar surface area (TPSA) is 144 Å². The molecule has 4 rings (SSSR count). The van der Waals surface area contributed by atoms with E-state index >= 15 is 0 Å². The number of amides is 2. The predicted octanol–water partition coefficient (Wildman–Crippen LogP) is 4.76. The lowest BCUT2D eigenvalue weighted by atomic mass is 10.1. The number of nitrogens with one attached hydrogen (secondary N) is 1. The second-order valence-corrected chi connectivity index (χ2v) is 8.49. The molecule has 9 nitrogen and oxygen atoms in total. The molecule has 1 heterocycles. The minimum Gasteiger partial charge on any atom is -0.491 e. The third-order valence-electron chi connectivity index (χ3n) is 5.86. The Morgan fingerprint density at radius 2 is 1.72 bits per heavy atom. The zero-order chi connectivity index (χ0) is 27.9. The van der Waals surface area contributed by atoms with Gasteiger partial charge in [0.25, 0.3) is 5.91 Å². The van der Waals surface area contributed by atoms with Crippen molar-refractivity contribution in [3.05, 3.63) is 113 Å². The highest BCUT2D eigenvalue weighted by Gasteiger charge is 2.32. The van der Waals surface area contributed by atoms with Crippen molar-refractivity contribution in [1.29, 1.82) is 0 Å². The molecule has 2 amide bonds. The van der Waals surface area contributed by atoms with E-state index in [2.05, 4.69) is 10.3 Å². The number of benzene rings is 3. The second-order valence-electron chi connectivity index (χ2n) is 8.49. The van der Waals surface area contributed by atoms with E-state index in [1.54, 1.807) is 42.5 Å². The van der Waals surface area contributed by atoms with Gasteiger partial charge in [0.1, 0.15) is 18.4 Å². The fraction of sp³-hybridized carbons (Fsp3) is 0.107. The molecule has 11 heteroatoms. The SMILES string of the molecule is Nc1ccc(OC[C@@H](c2ccccc2)N(C(=O)O)c2ncccc2C(=O)NCc2ccc(F)c(F)c2)cc1N. The van der Waals surface area contributed by atoms with Gasteiger partial charge in [0.2, 0.25) is 0 Å². The van der Waals surface area contributed by atoms with Gasteiger partial charge in [-0.25, -0.2) is 23.5 Å². The molecule has 4 aromatic rings. The van der Waals surface area contributed by atoms with Crippen molar-refractivity contribution < 1.29 is 28.2 Å². The number of pyridine rings is 1. The number of carbonyl (C=O) groups excluding carboxylic acids is 1. The van der Waals surface area contributed by atoms with E-state index in [1.807, 2.05) is 0 Å². The summed E-state index contributed by atoms with van der Waals surface area (Å²) in [5, 5.41) is 12.9. The first-order chi connectivity index (χ1) is 18.7. The van der Waals surface area contributed by atoms with Crippen molar-refractivity contribution in [3.8, 4) is 5.75 Å². The standard InChI is InChI=1S/C28H25F2N5O4/c29-21-10-8-17(13-22(21)30)15-34-27(36)20-7-4-12-33-26(20)35(28(37)38)25(18-5-2-1-3-6-18)16-39-19-9-11-23(31)24(32)14-19/h1-14,25H,15-16,31-32H2,(H,34,36)(H,37,38)/t25-/m0/s1. The Labute approximate surface area is 222 Å². The number of ether oxygens (including phenoxy) is 1. The predicted molar refractivity (Wildman–Crippen MR) is 142 cm³/mol. The van der Waals surface area contributed by atoms with Gasteiger partial charge in [0, 0.05) is 18.8 Å². The Balaban J connectivity index is 1.65. The summed E-state index contributed by atoms with van der Waals surface area (Å²) in [6, 6.07) is 18.7. The number of carboxylic acid groups (broad SMARTS) is 1. The number of hydrogen-bond acceptors (Lipinski definition) is 6. The van der Waals surface area contributed by atoms with E-state index in [0.717, 1.165) is 17.0 Å². The maximum atomic E-state index is 13.6. The van der Waals surface area contributed by atoms with Crippen LogP contribution in [0.4, 0.5) is 30.8 Å². The number of halogens is 2. The molecule has 0 aliphatic heterocycles. The maximum absolute atomic E-state index is 13.6. The summed E-state index contributed by atoms with van der Waals surface area (Å²) in [4.78, 5) is 30.9. The van der Waals surface area contributed by atoms with Crippen molar-refractivity contribution in [3.63, 3.8) is 0 Å². The molecule has 0 saturated carbocycles.